The smallest absolute Gasteiger partial charge is 0.224 e. The summed E-state index contributed by atoms with van der Waals surface area (Å²) in [4.78, 5) is -0.915. The third kappa shape index (κ3) is 3.30. The zero-order valence-electron chi connectivity index (χ0n) is 10.5. The van der Waals surface area contributed by atoms with Crippen LogP contribution in [0.25, 0.3) is 0 Å². The van der Waals surface area contributed by atoms with Gasteiger partial charge in [0.25, 0.3) is 0 Å². The van der Waals surface area contributed by atoms with E-state index in [1.54, 1.807) is 0 Å². The largest absolute Gasteiger partial charge is 0.243 e. The number of alkyl halides is 1. The highest BCUT2D eigenvalue weighted by atomic mass is 35.5. The summed E-state index contributed by atoms with van der Waals surface area (Å²) in [5.41, 5.74) is 0. The highest BCUT2D eigenvalue weighted by Crippen LogP contribution is 2.28. The van der Waals surface area contributed by atoms with Crippen LogP contribution in [0.2, 0.25) is 0 Å². The molecule has 1 aliphatic carbocycles. The van der Waals surface area contributed by atoms with Gasteiger partial charge >= 0.3 is 0 Å². The minimum atomic E-state index is -4.11. The van der Waals surface area contributed by atoms with Crippen molar-refractivity contribution in [1.29, 1.82) is 0 Å². The predicted molar refractivity (Wildman–Crippen MR) is 72.5 cm³/mol. The van der Waals surface area contributed by atoms with Crippen LogP contribution in [0, 0.1) is 5.82 Å². The highest BCUT2D eigenvalue weighted by molar-refractivity contribution is 7.91. The van der Waals surface area contributed by atoms with E-state index in [0.29, 0.717) is 12.8 Å². The Labute approximate surface area is 122 Å². The Kier molecular flexibility index (Phi) is 4.12. The number of benzene rings is 1. The summed E-state index contributed by atoms with van der Waals surface area (Å²) < 4.78 is 62.9. The lowest BCUT2D eigenvalue weighted by atomic mass is 9.94. The van der Waals surface area contributed by atoms with Gasteiger partial charge in [0.1, 0.15) is 10.7 Å². The van der Waals surface area contributed by atoms with Crippen LogP contribution in [0.15, 0.2) is 28.0 Å². The van der Waals surface area contributed by atoms with Crippen molar-refractivity contribution >= 4 is 31.5 Å². The van der Waals surface area contributed by atoms with Gasteiger partial charge in [0.2, 0.25) is 10.0 Å². The number of hydrogen-bond donors (Lipinski definition) is 1. The zero-order valence-corrected chi connectivity index (χ0v) is 12.9. The first-order valence-corrected chi connectivity index (χ1v) is 9.57. The Morgan fingerprint density at radius 1 is 1.25 bits per heavy atom. The molecular weight excluding hydrogens is 329 g/mol. The molecule has 2 rings (SSSR count). The average Bonchev–Trinajstić information content (AvgIpc) is 2.25. The van der Waals surface area contributed by atoms with E-state index in [2.05, 4.69) is 4.72 Å². The monoisotopic (exact) mass is 341 g/mol. The fraction of sp³-hybridized carbons (Fsp3) is 0.455. The maximum Gasteiger partial charge on any atom is 0.243 e. The van der Waals surface area contributed by atoms with E-state index in [0.717, 1.165) is 24.5 Å². The molecule has 1 aromatic carbocycles. The quantitative estimate of drug-likeness (QED) is 0.660. The van der Waals surface area contributed by atoms with E-state index in [-0.39, 0.29) is 16.3 Å². The van der Waals surface area contributed by atoms with Crippen molar-refractivity contribution in [1.82, 2.24) is 4.72 Å². The van der Waals surface area contributed by atoms with Gasteiger partial charge in [0.05, 0.1) is 4.90 Å². The number of rotatable bonds is 4. The van der Waals surface area contributed by atoms with Crippen LogP contribution in [0.5, 0.6) is 0 Å². The summed E-state index contributed by atoms with van der Waals surface area (Å²) in [7, 11) is -7.72. The molecule has 5 nitrogen and oxygen atoms in total. The molecule has 0 unspecified atom stereocenters. The van der Waals surface area contributed by atoms with Crippen molar-refractivity contribution in [2.45, 2.75) is 34.1 Å². The van der Waals surface area contributed by atoms with Crippen LogP contribution in [0.1, 0.15) is 12.8 Å². The van der Waals surface area contributed by atoms with Crippen LogP contribution < -0.4 is 4.72 Å². The maximum absolute atomic E-state index is 13.7. The first kappa shape index (κ1) is 15.7. The molecule has 0 spiro atoms. The van der Waals surface area contributed by atoms with Crippen LogP contribution >= 0.6 is 11.6 Å². The first-order chi connectivity index (χ1) is 9.09. The standard InChI is InChI=1S/C11H13ClFNO4S2/c1-19(15,16)9-2-3-10(13)11(6-9)20(17,18)14-8-4-7(12)5-8/h2-3,6-8,14H,4-5H2,1H3. The lowest BCUT2D eigenvalue weighted by Gasteiger charge is -2.31. The van der Waals surface area contributed by atoms with Gasteiger partial charge in [-0.2, -0.15) is 0 Å². The van der Waals surface area contributed by atoms with E-state index < -0.39 is 30.6 Å². The van der Waals surface area contributed by atoms with Gasteiger partial charge in [0.15, 0.2) is 9.84 Å². The van der Waals surface area contributed by atoms with E-state index >= 15 is 0 Å². The van der Waals surface area contributed by atoms with E-state index in [1.165, 1.54) is 0 Å². The van der Waals surface area contributed by atoms with Crippen molar-refractivity contribution in [2.75, 3.05) is 6.26 Å². The number of halogens is 2. The number of sulfone groups is 1. The molecular formula is C11H13ClFNO4S2. The fourth-order valence-electron chi connectivity index (χ4n) is 1.85. The van der Waals surface area contributed by atoms with Crippen LogP contribution in [-0.2, 0) is 19.9 Å². The van der Waals surface area contributed by atoms with E-state index in [9.17, 15) is 21.2 Å². The molecule has 0 aromatic heterocycles. The molecule has 1 saturated carbocycles. The molecule has 1 aromatic rings. The van der Waals surface area contributed by atoms with Crippen molar-refractivity contribution in [2.24, 2.45) is 0 Å². The van der Waals surface area contributed by atoms with Crippen LogP contribution in [0.3, 0.4) is 0 Å². The molecule has 112 valence electrons. The van der Waals surface area contributed by atoms with Crippen molar-refractivity contribution < 1.29 is 21.2 Å². The number of nitrogens with one attached hydrogen (secondary N) is 1. The Balaban J connectivity index is 2.36. The molecule has 0 heterocycles. The topological polar surface area (TPSA) is 80.3 Å². The van der Waals surface area contributed by atoms with Gasteiger partial charge < -0.3 is 0 Å². The molecule has 0 aliphatic heterocycles. The molecule has 1 aliphatic rings. The van der Waals surface area contributed by atoms with Crippen molar-refractivity contribution in [3.63, 3.8) is 0 Å². The molecule has 0 amide bonds. The van der Waals surface area contributed by atoms with Gasteiger partial charge in [-0.15, -0.1) is 11.6 Å². The van der Waals surface area contributed by atoms with Gasteiger partial charge in [-0.3, -0.25) is 0 Å². The van der Waals surface area contributed by atoms with Gasteiger partial charge in [0, 0.05) is 17.7 Å². The Morgan fingerprint density at radius 2 is 1.85 bits per heavy atom. The molecule has 1 fully saturated rings. The molecule has 20 heavy (non-hydrogen) atoms. The van der Waals surface area contributed by atoms with E-state index in [1.807, 2.05) is 0 Å². The maximum atomic E-state index is 13.7. The summed E-state index contributed by atoms with van der Waals surface area (Å²) >= 11 is 5.75. The molecule has 0 bridgehead atoms. The second kappa shape index (κ2) is 5.25. The van der Waals surface area contributed by atoms with Crippen molar-refractivity contribution in [3.05, 3.63) is 24.0 Å². The Bertz CT molecular complexity index is 727. The average molecular weight is 342 g/mol. The summed E-state index contributed by atoms with van der Waals surface area (Å²) in [6.07, 6.45) is 1.86. The molecule has 0 radical (unpaired) electrons. The normalized spacial score (nSPS) is 23.4. The SMILES string of the molecule is CS(=O)(=O)c1ccc(F)c(S(=O)(=O)NC2CC(Cl)C2)c1. The minimum absolute atomic E-state index is 0.0881. The highest BCUT2D eigenvalue weighted by Gasteiger charge is 2.32. The summed E-state index contributed by atoms with van der Waals surface area (Å²) in [5.74, 6) is -0.994. The van der Waals surface area contributed by atoms with Crippen molar-refractivity contribution in [3.8, 4) is 0 Å². The fourth-order valence-corrected chi connectivity index (χ4v) is 4.36. The molecule has 0 atom stereocenters. The lowest BCUT2D eigenvalue weighted by Crippen LogP contribution is -2.45. The Morgan fingerprint density at radius 3 is 2.35 bits per heavy atom. The molecule has 1 N–H and O–H groups in total. The van der Waals surface area contributed by atoms with Gasteiger partial charge in [-0.05, 0) is 31.0 Å². The zero-order chi connectivity index (χ0) is 15.1. The van der Waals surface area contributed by atoms with Gasteiger partial charge in [-0.25, -0.2) is 25.9 Å². The number of hydrogen-bond acceptors (Lipinski definition) is 4. The third-order valence-corrected chi connectivity index (χ3v) is 6.02. The Hall–Kier alpha value is -0.700. The molecule has 0 saturated heterocycles. The van der Waals surface area contributed by atoms with Crippen LogP contribution in [0.4, 0.5) is 4.39 Å². The van der Waals surface area contributed by atoms with E-state index in [4.69, 9.17) is 11.6 Å². The third-order valence-electron chi connectivity index (χ3n) is 3.02. The van der Waals surface area contributed by atoms with Gasteiger partial charge in [-0.1, -0.05) is 0 Å². The predicted octanol–water partition coefficient (Wildman–Crippen LogP) is 1.28. The lowest BCUT2D eigenvalue weighted by molar-refractivity contribution is 0.390. The number of sulfonamides is 1. The summed E-state index contributed by atoms with van der Waals surface area (Å²) in [6, 6.07) is 2.34. The summed E-state index contributed by atoms with van der Waals surface area (Å²) in [6.45, 7) is 0. The second-order valence-electron chi connectivity index (χ2n) is 4.75. The molecule has 9 heteroatoms. The minimum Gasteiger partial charge on any atom is -0.224 e. The van der Waals surface area contributed by atoms with Crippen LogP contribution in [-0.4, -0.2) is 34.5 Å². The first-order valence-electron chi connectivity index (χ1n) is 5.75. The second-order valence-corrected chi connectivity index (χ2v) is 9.07. The summed E-state index contributed by atoms with van der Waals surface area (Å²) in [5, 5.41) is -0.0881.